The Morgan fingerprint density at radius 2 is 1.72 bits per heavy atom. The first kappa shape index (κ1) is 14.8. The van der Waals surface area contributed by atoms with Crippen molar-refractivity contribution in [3.63, 3.8) is 0 Å². The number of ether oxygens (including phenoxy) is 2. The molecule has 0 spiro atoms. The van der Waals surface area contributed by atoms with E-state index in [9.17, 15) is 4.39 Å². The molecule has 0 aliphatic heterocycles. The van der Waals surface area contributed by atoms with Gasteiger partial charge in [-0.25, -0.2) is 4.39 Å². The molecule has 1 atom stereocenters. The number of rotatable bonds is 5. The van der Waals surface area contributed by atoms with E-state index >= 15 is 0 Å². The maximum absolute atomic E-state index is 14.1. The van der Waals surface area contributed by atoms with Gasteiger partial charge in [-0.2, -0.15) is 0 Å². The lowest BCUT2D eigenvalue weighted by atomic mass is 9.78. The number of hydrogen-bond acceptors (Lipinski definition) is 3. The van der Waals surface area contributed by atoms with E-state index in [2.05, 4.69) is 0 Å². The zero-order valence-corrected chi connectivity index (χ0v) is 11.7. The Kier molecular flexibility index (Phi) is 4.57. The van der Waals surface area contributed by atoms with Crippen LogP contribution in [-0.2, 0) is 0 Å². The van der Waals surface area contributed by atoms with Crippen LogP contribution in [0.4, 0.5) is 4.39 Å². The summed E-state index contributed by atoms with van der Waals surface area (Å²) in [5.74, 6) is 0.512. The Labute approximate surface area is 108 Å². The first-order chi connectivity index (χ1) is 8.37. The Morgan fingerprint density at radius 3 is 2.17 bits per heavy atom. The maximum atomic E-state index is 14.1. The van der Waals surface area contributed by atoms with Gasteiger partial charge < -0.3 is 15.2 Å². The predicted molar refractivity (Wildman–Crippen MR) is 70.5 cm³/mol. The van der Waals surface area contributed by atoms with Crippen LogP contribution in [0.2, 0.25) is 0 Å². The van der Waals surface area contributed by atoms with E-state index in [-0.39, 0.29) is 17.3 Å². The number of nitrogens with two attached hydrogens (primary N) is 1. The maximum Gasteiger partial charge on any atom is 0.163 e. The third-order valence-electron chi connectivity index (χ3n) is 3.59. The Bertz CT molecular complexity index is 419. The normalized spacial score (nSPS) is 13.3. The summed E-state index contributed by atoms with van der Waals surface area (Å²) < 4.78 is 24.3. The molecule has 0 saturated carbocycles. The van der Waals surface area contributed by atoms with Crippen molar-refractivity contribution in [2.45, 2.75) is 33.2 Å². The van der Waals surface area contributed by atoms with Gasteiger partial charge in [0.1, 0.15) is 5.82 Å². The van der Waals surface area contributed by atoms with E-state index < -0.39 is 0 Å². The van der Waals surface area contributed by atoms with Crippen molar-refractivity contribution < 1.29 is 13.9 Å². The fraction of sp³-hybridized carbons (Fsp3) is 0.571. The van der Waals surface area contributed by atoms with Gasteiger partial charge in [-0.15, -0.1) is 0 Å². The van der Waals surface area contributed by atoms with Gasteiger partial charge in [0.15, 0.2) is 11.5 Å². The molecule has 0 saturated heterocycles. The molecule has 0 aromatic heterocycles. The van der Waals surface area contributed by atoms with Crippen LogP contribution in [0, 0.1) is 11.2 Å². The molecule has 2 N–H and O–H groups in total. The molecular weight excluding hydrogens is 233 g/mol. The standard InChI is InChI=1S/C14H22FNO2/c1-6-14(2,3)13(16)9-7-11(17-4)12(18-5)8-10(9)15/h7-8,13H,6,16H2,1-5H3. The zero-order valence-electron chi connectivity index (χ0n) is 11.7. The summed E-state index contributed by atoms with van der Waals surface area (Å²) in [5.41, 5.74) is 6.44. The van der Waals surface area contributed by atoms with Crippen LogP contribution >= 0.6 is 0 Å². The molecule has 1 rings (SSSR count). The van der Waals surface area contributed by atoms with Crippen molar-refractivity contribution in [2.24, 2.45) is 11.1 Å². The molecule has 18 heavy (non-hydrogen) atoms. The van der Waals surface area contributed by atoms with Gasteiger partial charge in [-0.1, -0.05) is 20.8 Å². The second-order valence-corrected chi connectivity index (χ2v) is 5.05. The quantitative estimate of drug-likeness (QED) is 0.878. The average molecular weight is 255 g/mol. The fourth-order valence-corrected chi connectivity index (χ4v) is 1.75. The topological polar surface area (TPSA) is 44.5 Å². The van der Waals surface area contributed by atoms with Crippen LogP contribution in [0.15, 0.2) is 12.1 Å². The van der Waals surface area contributed by atoms with Gasteiger partial charge in [-0.3, -0.25) is 0 Å². The van der Waals surface area contributed by atoms with Crippen LogP contribution in [0.3, 0.4) is 0 Å². The lowest BCUT2D eigenvalue weighted by Gasteiger charge is -2.31. The van der Waals surface area contributed by atoms with E-state index in [4.69, 9.17) is 15.2 Å². The van der Waals surface area contributed by atoms with Crippen molar-refractivity contribution in [1.82, 2.24) is 0 Å². The van der Waals surface area contributed by atoms with E-state index in [1.165, 1.54) is 20.3 Å². The molecule has 0 radical (unpaired) electrons. The third-order valence-corrected chi connectivity index (χ3v) is 3.59. The Balaban J connectivity index is 3.25. The highest BCUT2D eigenvalue weighted by Crippen LogP contribution is 2.39. The average Bonchev–Trinajstić information content (AvgIpc) is 2.37. The monoisotopic (exact) mass is 255 g/mol. The molecule has 0 fully saturated rings. The van der Waals surface area contributed by atoms with Crippen LogP contribution in [0.25, 0.3) is 0 Å². The molecule has 0 aliphatic rings. The lowest BCUT2D eigenvalue weighted by Crippen LogP contribution is -2.29. The van der Waals surface area contributed by atoms with E-state index in [0.717, 1.165) is 6.42 Å². The van der Waals surface area contributed by atoms with Crippen LogP contribution in [0.1, 0.15) is 38.8 Å². The Hall–Kier alpha value is -1.29. The van der Waals surface area contributed by atoms with Crippen LogP contribution in [-0.4, -0.2) is 14.2 Å². The zero-order chi connectivity index (χ0) is 13.9. The molecule has 102 valence electrons. The third kappa shape index (κ3) is 2.75. The highest BCUT2D eigenvalue weighted by molar-refractivity contribution is 5.45. The van der Waals surface area contributed by atoms with Crippen molar-refractivity contribution in [3.8, 4) is 11.5 Å². The first-order valence-electron chi connectivity index (χ1n) is 6.04. The molecule has 0 amide bonds. The summed E-state index contributed by atoms with van der Waals surface area (Å²) in [7, 11) is 3.00. The number of halogens is 1. The van der Waals surface area contributed by atoms with E-state index in [0.29, 0.717) is 17.1 Å². The second kappa shape index (κ2) is 5.57. The molecule has 0 aliphatic carbocycles. The van der Waals surface area contributed by atoms with Crippen molar-refractivity contribution in [2.75, 3.05) is 14.2 Å². The molecule has 3 nitrogen and oxygen atoms in total. The van der Waals surface area contributed by atoms with Crippen LogP contribution in [0.5, 0.6) is 11.5 Å². The highest BCUT2D eigenvalue weighted by Gasteiger charge is 2.29. The molecule has 0 heterocycles. The second-order valence-electron chi connectivity index (χ2n) is 5.05. The largest absolute Gasteiger partial charge is 0.493 e. The molecule has 4 heteroatoms. The highest BCUT2D eigenvalue weighted by atomic mass is 19.1. The molecule has 1 aromatic rings. The summed E-state index contributed by atoms with van der Waals surface area (Å²) >= 11 is 0. The van der Waals surface area contributed by atoms with E-state index in [1.807, 2.05) is 20.8 Å². The van der Waals surface area contributed by atoms with Gasteiger partial charge in [0, 0.05) is 17.7 Å². The van der Waals surface area contributed by atoms with Gasteiger partial charge in [0.25, 0.3) is 0 Å². The smallest absolute Gasteiger partial charge is 0.163 e. The first-order valence-corrected chi connectivity index (χ1v) is 6.04. The molecule has 0 bridgehead atoms. The number of hydrogen-bond donors (Lipinski definition) is 1. The fourth-order valence-electron chi connectivity index (χ4n) is 1.75. The number of methoxy groups -OCH3 is 2. The molecule has 1 aromatic carbocycles. The Morgan fingerprint density at radius 1 is 1.22 bits per heavy atom. The predicted octanol–water partition coefficient (Wildman–Crippen LogP) is 3.28. The van der Waals surface area contributed by atoms with Crippen molar-refractivity contribution >= 4 is 0 Å². The molecule has 1 unspecified atom stereocenters. The summed E-state index contributed by atoms with van der Waals surface area (Å²) in [6, 6.07) is 2.55. The SMILES string of the molecule is CCC(C)(C)C(N)c1cc(OC)c(OC)cc1F. The van der Waals surface area contributed by atoms with E-state index in [1.54, 1.807) is 6.07 Å². The van der Waals surface area contributed by atoms with Gasteiger partial charge in [0.2, 0.25) is 0 Å². The van der Waals surface area contributed by atoms with Gasteiger partial charge in [0.05, 0.1) is 14.2 Å². The summed E-state index contributed by atoms with van der Waals surface area (Å²) in [6.07, 6.45) is 0.863. The minimum atomic E-state index is -0.387. The summed E-state index contributed by atoms with van der Waals surface area (Å²) in [5, 5.41) is 0. The molecular formula is C14H22FNO2. The summed E-state index contributed by atoms with van der Waals surface area (Å²) in [6.45, 7) is 6.08. The lowest BCUT2D eigenvalue weighted by molar-refractivity contribution is 0.271. The van der Waals surface area contributed by atoms with Crippen molar-refractivity contribution in [3.05, 3.63) is 23.5 Å². The minimum Gasteiger partial charge on any atom is -0.493 e. The van der Waals surface area contributed by atoms with Gasteiger partial charge in [-0.05, 0) is 17.9 Å². The van der Waals surface area contributed by atoms with Crippen LogP contribution < -0.4 is 15.2 Å². The number of benzene rings is 1. The van der Waals surface area contributed by atoms with Crippen molar-refractivity contribution in [1.29, 1.82) is 0 Å². The van der Waals surface area contributed by atoms with Gasteiger partial charge >= 0.3 is 0 Å². The summed E-state index contributed by atoms with van der Waals surface area (Å²) in [4.78, 5) is 0. The minimum absolute atomic E-state index is 0.180.